The molecule has 0 rings (SSSR count). The van der Waals surface area contributed by atoms with Crippen molar-refractivity contribution < 1.29 is 23.7 Å². The van der Waals surface area contributed by atoms with E-state index < -0.39 is 11.5 Å². The minimum Gasteiger partial charge on any atom is -0.468 e. The third-order valence-corrected chi connectivity index (χ3v) is 2.22. The van der Waals surface area contributed by atoms with Crippen LogP contribution in [-0.2, 0) is 23.7 Å². The lowest BCUT2D eigenvalue weighted by atomic mass is 10.0. The molecule has 0 aliphatic carbocycles. The Morgan fingerprint density at radius 1 is 1.06 bits per heavy atom. The maximum Gasteiger partial charge on any atom is 0.325 e. The van der Waals surface area contributed by atoms with E-state index >= 15 is 0 Å². The van der Waals surface area contributed by atoms with E-state index in [1.54, 1.807) is 14.0 Å². The summed E-state index contributed by atoms with van der Waals surface area (Å²) in [7, 11) is 2.94. The molecule has 0 radical (unpaired) electrons. The van der Waals surface area contributed by atoms with Gasteiger partial charge in [-0.15, -0.1) is 0 Å². The van der Waals surface area contributed by atoms with Gasteiger partial charge >= 0.3 is 5.97 Å². The SMILES string of the molecule is COCCOCCOCCC(C)(N)C(=O)OC. The number of methoxy groups -OCH3 is 2. The third kappa shape index (κ3) is 8.09. The van der Waals surface area contributed by atoms with Crippen molar-refractivity contribution in [3.8, 4) is 0 Å². The van der Waals surface area contributed by atoms with Gasteiger partial charge in [0.25, 0.3) is 0 Å². The summed E-state index contributed by atoms with van der Waals surface area (Å²) in [6.45, 7) is 4.12. The van der Waals surface area contributed by atoms with Crippen molar-refractivity contribution in [2.24, 2.45) is 5.73 Å². The summed E-state index contributed by atoms with van der Waals surface area (Å²) in [5.41, 5.74) is 4.75. The second kappa shape index (κ2) is 9.35. The number of carbonyl (C=O) groups is 1. The van der Waals surface area contributed by atoms with Crippen LogP contribution in [0.4, 0.5) is 0 Å². The van der Waals surface area contributed by atoms with Gasteiger partial charge in [0, 0.05) is 13.7 Å². The molecule has 102 valence electrons. The van der Waals surface area contributed by atoms with Gasteiger partial charge in [0.15, 0.2) is 0 Å². The summed E-state index contributed by atoms with van der Waals surface area (Å²) in [6, 6.07) is 0. The predicted octanol–water partition coefficient (Wildman–Crippen LogP) is -0.0535. The Labute approximate surface area is 102 Å². The lowest BCUT2D eigenvalue weighted by molar-refractivity contribution is -0.147. The van der Waals surface area contributed by atoms with Gasteiger partial charge in [-0.05, 0) is 13.3 Å². The number of ether oxygens (including phenoxy) is 4. The van der Waals surface area contributed by atoms with Crippen LogP contribution < -0.4 is 5.73 Å². The topological polar surface area (TPSA) is 80.0 Å². The highest BCUT2D eigenvalue weighted by Gasteiger charge is 2.28. The van der Waals surface area contributed by atoms with E-state index in [0.29, 0.717) is 39.5 Å². The van der Waals surface area contributed by atoms with E-state index in [9.17, 15) is 4.79 Å². The molecule has 0 spiro atoms. The second-order valence-electron chi connectivity index (χ2n) is 3.88. The van der Waals surface area contributed by atoms with Gasteiger partial charge in [0.1, 0.15) is 5.54 Å². The molecule has 0 saturated carbocycles. The first-order valence-electron chi connectivity index (χ1n) is 5.56. The quantitative estimate of drug-likeness (QED) is 0.432. The van der Waals surface area contributed by atoms with Gasteiger partial charge in [0.2, 0.25) is 0 Å². The highest BCUT2D eigenvalue weighted by Crippen LogP contribution is 2.07. The van der Waals surface area contributed by atoms with Gasteiger partial charge in [-0.3, -0.25) is 4.79 Å². The normalized spacial score (nSPS) is 14.4. The van der Waals surface area contributed by atoms with Gasteiger partial charge in [-0.25, -0.2) is 0 Å². The molecule has 0 amide bonds. The third-order valence-electron chi connectivity index (χ3n) is 2.22. The Bertz CT molecular complexity index is 208. The molecule has 0 fully saturated rings. The van der Waals surface area contributed by atoms with Gasteiger partial charge in [0.05, 0.1) is 33.5 Å². The van der Waals surface area contributed by atoms with Crippen molar-refractivity contribution in [3.05, 3.63) is 0 Å². The first-order chi connectivity index (χ1) is 8.04. The predicted molar refractivity (Wildman–Crippen MR) is 62.7 cm³/mol. The van der Waals surface area contributed by atoms with Crippen LogP contribution in [0.5, 0.6) is 0 Å². The van der Waals surface area contributed by atoms with Crippen LogP contribution in [-0.4, -0.2) is 58.8 Å². The molecule has 0 heterocycles. The summed E-state index contributed by atoms with van der Waals surface area (Å²) in [4.78, 5) is 11.2. The Morgan fingerprint density at radius 3 is 2.12 bits per heavy atom. The number of nitrogens with two attached hydrogens (primary N) is 1. The Balaban J connectivity index is 3.42. The standard InChI is InChI=1S/C11H23NO5/c1-11(12,10(13)15-3)4-5-16-8-9-17-7-6-14-2/h4-9,12H2,1-3H3. The summed E-state index contributed by atoms with van der Waals surface area (Å²) in [6.07, 6.45) is 0.414. The summed E-state index contributed by atoms with van der Waals surface area (Å²) in [5.74, 6) is -0.433. The number of rotatable bonds is 10. The van der Waals surface area contributed by atoms with E-state index in [0.717, 1.165) is 0 Å². The van der Waals surface area contributed by atoms with Crippen molar-refractivity contribution in [1.82, 2.24) is 0 Å². The molecule has 0 aliphatic rings. The minimum absolute atomic E-state index is 0.399. The van der Waals surface area contributed by atoms with Crippen molar-refractivity contribution in [3.63, 3.8) is 0 Å². The molecule has 0 aromatic carbocycles. The molecule has 2 N–H and O–H groups in total. The molecular weight excluding hydrogens is 226 g/mol. The zero-order chi connectivity index (χ0) is 13.1. The van der Waals surface area contributed by atoms with E-state index in [2.05, 4.69) is 4.74 Å². The molecule has 0 aliphatic heterocycles. The molecule has 1 unspecified atom stereocenters. The average molecular weight is 249 g/mol. The zero-order valence-corrected chi connectivity index (χ0v) is 10.9. The fraction of sp³-hybridized carbons (Fsp3) is 0.909. The largest absolute Gasteiger partial charge is 0.468 e. The van der Waals surface area contributed by atoms with E-state index in [1.165, 1.54) is 7.11 Å². The van der Waals surface area contributed by atoms with Crippen LogP contribution in [0.2, 0.25) is 0 Å². The molecule has 0 saturated heterocycles. The molecule has 6 nitrogen and oxygen atoms in total. The molecule has 6 heteroatoms. The van der Waals surface area contributed by atoms with Crippen LogP contribution >= 0.6 is 0 Å². The molecule has 0 bridgehead atoms. The lowest BCUT2D eigenvalue weighted by Crippen LogP contribution is -2.46. The average Bonchev–Trinajstić information content (AvgIpc) is 2.31. The fourth-order valence-corrected chi connectivity index (χ4v) is 1.08. The first-order valence-corrected chi connectivity index (χ1v) is 5.56. The van der Waals surface area contributed by atoms with Crippen molar-refractivity contribution in [1.29, 1.82) is 0 Å². The van der Waals surface area contributed by atoms with Gasteiger partial charge in [-0.1, -0.05) is 0 Å². The molecule has 1 atom stereocenters. The number of hydrogen-bond acceptors (Lipinski definition) is 6. The van der Waals surface area contributed by atoms with Crippen molar-refractivity contribution >= 4 is 5.97 Å². The highest BCUT2D eigenvalue weighted by molar-refractivity contribution is 5.79. The van der Waals surface area contributed by atoms with Crippen LogP contribution in [0.1, 0.15) is 13.3 Å². The fourth-order valence-electron chi connectivity index (χ4n) is 1.08. The summed E-state index contributed by atoms with van der Waals surface area (Å²) in [5, 5.41) is 0. The number of esters is 1. The van der Waals surface area contributed by atoms with E-state index in [-0.39, 0.29) is 0 Å². The van der Waals surface area contributed by atoms with Crippen LogP contribution in [0.3, 0.4) is 0 Å². The van der Waals surface area contributed by atoms with Crippen molar-refractivity contribution in [2.45, 2.75) is 18.9 Å². The minimum atomic E-state index is -0.994. The maximum atomic E-state index is 11.2. The second-order valence-corrected chi connectivity index (χ2v) is 3.88. The number of carbonyl (C=O) groups excluding carboxylic acids is 1. The molecule has 0 aromatic rings. The van der Waals surface area contributed by atoms with E-state index in [1.807, 2.05) is 0 Å². The highest BCUT2D eigenvalue weighted by atomic mass is 16.5. The van der Waals surface area contributed by atoms with Crippen LogP contribution in [0, 0.1) is 0 Å². The monoisotopic (exact) mass is 249 g/mol. The first kappa shape index (κ1) is 16.3. The summed E-state index contributed by atoms with van der Waals surface area (Å²) < 4.78 is 19.9. The Morgan fingerprint density at radius 2 is 1.59 bits per heavy atom. The maximum absolute atomic E-state index is 11.2. The van der Waals surface area contributed by atoms with Gasteiger partial charge in [-0.2, -0.15) is 0 Å². The zero-order valence-electron chi connectivity index (χ0n) is 10.9. The van der Waals surface area contributed by atoms with E-state index in [4.69, 9.17) is 19.9 Å². The Hall–Kier alpha value is -0.690. The lowest BCUT2D eigenvalue weighted by Gasteiger charge is -2.20. The van der Waals surface area contributed by atoms with Crippen molar-refractivity contribution in [2.75, 3.05) is 47.3 Å². The smallest absolute Gasteiger partial charge is 0.325 e. The number of hydrogen-bond donors (Lipinski definition) is 1. The summed E-state index contributed by atoms with van der Waals surface area (Å²) >= 11 is 0. The molecule has 0 aromatic heterocycles. The Kier molecular flexibility index (Phi) is 8.97. The molecule has 17 heavy (non-hydrogen) atoms. The van der Waals surface area contributed by atoms with Crippen LogP contribution in [0.25, 0.3) is 0 Å². The molecular formula is C11H23NO5. The van der Waals surface area contributed by atoms with Crippen LogP contribution in [0.15, 0.2) is 0 Å². The van der Waals surface area contributed by atoms with Gasteiger partial charge < -0.3 is 24.7 Å².